The summed E-state index contributed by atoms with van der Waals surface area (Å²) < 4.78 is 29.7. The van der Waals surface area contributed by atoms with Crippen LogP contribution in [-0.2, 0) is 0 Å². The second kappa shape index (κ2) is 3.97. The first kappa shape index (κ1) is 9.63. The molecule has 0 aliphatic heterocycles. The number of pyridine rings is 1. The maximum atomic E-state index is 12.1. The number of ether oxygens (including phenoxy) is 1. The van der Waals surface area contributed by atoms with Gasteiger partial charge in [0.25, 0.3) is 6.43 Å². The highest BCUT2D eigenvalue weighted by molar-refractivity contribution is 14.1. The number of rotatable bonds is 2. The van der Waals surface area contributed by atoms with Gasteiger partial charge < -0.3 is 4.74 Å². The zero-order valence-corrected chi connectivity index (χ0v) is 8.38. The smallest absolute Gasteiger partial charge is 0.280 e. The summed E-state index contributed by atoms with van der Waals surface area (Å²) in [6.45, 7) is 0. The lowest BCUT2D eigenvalue weighted by molar-refractivity contribution is 0.145. The van der Waals surface area contributed by atoms with E-state index in [0.29, 0.717) is 3.57 Å². The van der Waals surface area contributed by atoms with Crippen LogP contribution in [0.5, 0.6) is 5.88 Å². The van der Waals surface area contributed by atoms with E-state index < -0.39 is 6.43 Å². The third-order valence-corrected chi connectivity index (χ3v) is 1.84. The van der Waals surface area contributed by atoms with E-state index in [1.54, 1.807) is 6.07 Å². The van der Waals surface area contributed by atoms with E-state index in [9.17, 15) is 8.78 Å². The zero-order chi connectivity index (χ0) is 9.14. The normalized spacial score (nSPS) is 10.4. The molecule has 0 aliphatic rings. The standard InChI is InChI=1S/C7H6F2INO/c1-12-6-3-4(10)2-5(11-6)7(8)9/h2-3,7H,1H3. The summed E-state index contributed by atoms with van der Waals surface area (Å²) in [7, 11) is 1.40. The molecule has 66 valence electrons. The fraction of sp³-hybridized carbons (Fsp3) is 0.286. The van der Waals surface area contributed by atoms with E-state index in [1.807, 2.05) is 22.6 Å². The van der Waals surface area contributed by atoms with Crippen molar-refractivity contribution < 1.29 is 13.5 Å². The topological polar surface area (TPSA) is 22.1 Å². The summed E-state index contributed by atoms with van der Waals surface area (Å²) in [4.78, 5) is 3.57. The lowest BCUT2D eigenvalue weighted by atomic mass is 10.3. The number of methoxy groups -OCH3 is 1. The molecule has 0 saturated heterocycles. The molecule has 0 radical (unpaired) electrons. The van der Waals surface area contributed by atoms with Crippen LogP contribution in [-0.4, -0.2) is 12.1 Å². The van der Waals surface area contributed by atoms with Gasteiger partial charge in [-0.05, 0) is 28.7 Å². The Balaban J connectivity index is 3.06. The molecule has 0 fully saturated rings. The maximum Gasteiger partial charge on any atom is 0.280 e. The zero-order valence-electron chi connectivity index (χ0n) is 6.22. The number of halogens is 3. The van der Waals surface area contributed by atoms with E-state index >= 15 is 0 Å². The Bertz CT molecular complexity index is 280. The minimum atomic E-state index is -2.55. The molecule has 0 spiro atoms. The monoisotopic (exact) mass is 285 g/mol. The van der Waals surface area contributed by atoms with Gasteiger partial charge in [-0.3, -0.25) is 0 Å². The second-order valence-electron chi connectivity index (χ2n) is 2.05. The minimum absolute atomic E-state index is 0.220. The lowest BCUT2D eigenvalue weighted by Gasteiger charge is -2.03. The van der Waals surface area contributed by atoms with Crippen molar-refractivity contribution in [2.75, 3.05) is 7.11 Å². The van der Waals surface area contributed by atoms with Gasteiger partial charge in [-0.25, -0.2) is 13.8 Å². The molecule has 5 heteroatoms. The molecule has 1 aromatic heterocycles. The van der Waals surface area contributed by atoms with Gasteiger partial charge in [-0.2, -0.15) is 0 Å². The van der Waals surface area contributed by atoms with Crippen molar-refractivity contribution in [3.05, 3.63) is 21.4 Å². The molecule has 12 heavy (non-hydrogen) atoms. The second-order valence-corrected chi connectivity index (χ2v) is 3.30. The average Bonchev–Trinajstić information content (AvgIpc) is 2.03. The van der Waals surface area contributed by atoms with Crippen molar-refractivity contribution in [2.45, 2.75) is 6.43 Å². The molecule has 0 unspecified atom stereocenters. The van der Waals surface area contributed by atoms with Gasteiger partial charge in [-0.15, -0.1) is 0 Å². The fourth-order valence-electron chi connectivity index (χ4n) is 0.709. The van der Waals surface area contributed by atoms with Gasteiger partial charge in [-0.1, -0.05) is 0 Å². The molecular formula is C7H6F2INO. The quantitative estimate of drug-likeness (QED) is 0.779. The number of hydrogen-bond acceptors (Lipinski definition) is 2. The Hall–Kier alpha value is -0.460. The van der Waals surface area contributed by atoms with Crippen molar-refractivity contribution in [2.24, 2.45) is 0 Å². The number of hydrogen-bond donors (Lipinski definition) is 0. The van der Waals surface area contributed by atoms with E-state index in [2.05, 4.69) is 4.98 Å². The van der Waals surface area contributed by atoms with Crippen LogP contribution in [0.25, 0.3) is 0 Å². The first-order chi connectivity index (χ1) is 5.63. The Labute approximate surface area is 82.1 Å². The van der Waals surface area contributed by atoms with E-state index in [4.69, 9.17) is 4.74 Å². The highest BCUT2D eigenvalue weighted by atomic mass is 127. The predicted octanol–water partition coefficient (Wildman–Crippen LogP) is 2.63. The Morgan fingerprint density at radius 2 is 2.17 bits per heavy atom. The largest absolute Gasteiger partial charge is 0.481 e. The van der Waals surface area contributed by atoms with Crippen LogP contribution < -0.4 is 4.74 Å². The van der Waals surface area contributed by atoms with Crippen LogP contribution >= 0.6 is 22.6 Å². The van der Waals surface area contributed by atoms with Gasteiger partial charge in [0.15, 0.2) is 0 Å². The van der Waals surface area contributed by atoms with E-state index in [-0.39, 0.29) is 11.6 Å². The molecule has 0 saturated carbocycles. The molecule has 2 nitrogen and oxygen atoms in total. The third-order valence-electron chi connectivity index (χ3n) is 1.22. The van der Waals surface area contributed by atoms with Crippen LogP contribution in [0.2, 0.25) is 0 Å². The third kappa shape index (κ3) is 2.26. The molecule has 0 amide bonds. The van der Waals surface area contributed by atoms with Crippen molar-refractivity contribution in [1.29, 1.82) is 0 Å². The molecule has 0 N–H and O–H groups in total. The van der Waals surface area contributed by atoms with Crippen LogP contribution in [0, 0.1) is 3.57 Å². The van der Waals surface area contributed by atoms with Crippen molar-refractivity contribution in [3.8, 4) is 5.88 Å². The van der Waals surface area contributed by atoms with Gasteiger partial charge in [0.1, 0.15) is 5.69 Å². The van der Waals surface area contributed by atoms with Crippen LogP contribution in [0.4, 0.5) is 8.78 Å². The van der Waals surface area contributed by atoms with Gasteiger partial charge in [0.05, 0.1) is 7.11 Å². The first-order valence-corrected chi connectivity index (χ1v) is 4.21. The van der Waals surface area contributed by atoms with Crippen LogP contribution in [0.1, 0.15) is 12.1 Å². The molecule has 0 bridgehead atoms. The Morgan fingerprint density at radius 3 is 2.67 bits per heavy atom. The Morgan fingerprint density at radius 1 is 1.50 bits per heavy atom. The van der Waals surface area contributed by atoms with Crippen molar-refractivity contribution >= 4 is 22.6 Å². The molecule has 0 aromatic carbocycles. The SMILES string of the molecule is COc1cc(I)cc(C(F)F)n1. The summed E-state index contributed by atoms with van der Waals surface area (Å²) in [5.74, 6) is 0.220. The van der Waals surface area contributed by atoms with Gasteiger partial charge in [0, 0.05) is 9.64 Å². The van der Waals surface area contributed by atoms with Crippen molar-refractivity contribution in [1.82, 2.24) is 4.98 Å². The molecular weight excluding hydrogens is 279 g/mol. The predicted molar refractivity (Wildman–Crippen MR) is 48.5 cm³/mol. The summed E-state index contributed by atoms with van der Waals surface area (Å²) >= 11 is 1.93. The molecule has 1 heterocycles. The summed E-state index contributed by atoms with van der Waals surface area (Å²) in [6.07, 6.45) is -2.55. The minimum Gasteiger partial charge on any atom is -0.481 e. The number of alkyl halides is 2. The average molecular weight is 285 g/mol. The lowest BCUT2D eigenvalue weighted by Crippen LogP contribution is -1.95. The van der Waals surface area contributed by atoms with Gasteiger partial charge in [0.2, 0.25) is 5.88 Å². The summed E-state index contributed by atoms with van der Waals surface area (Å²) in [5, 5.41) is 0. The molecule has 0 aliphatic carbocycles. The fourth-order valence-corrected chi connectivity index (χ4v) is 1.29. The van der Waals surface area contributed by atoms with E-state index in [1.165, 1.54) is 13.2 Å². The van der Waals surface area contributed by atoms with Gasteiger partial charge >= 0.3 is 0 Å². The highest BCUT2D eigenvalue weighted by Crippen LogP contribution is 2.21. The van der Waals surface area contributed by atoms with E-state index in [0.717, 1.165) is 0 Å². The molecule has 0 atom stereocenters. The summed E-state index contributed by atoms with van der Waals surface area (Å²) in [6, 6.07) is 2.92. The molecule has 1 rings (SSSR count). The molecule has 1 aromatic rings. The van der Waals surface area contributed by atoms with Crippen LogP contribution in [0.3, 0.4) is 0 Å². The number of nitrogens with zero attached hydrogens (tertiary/aromatic N) is 1. The van der Waals surface area contributed by atoms with Crippen LogP contribution in [0.15, 0.2) is 12.1 Å². The number of aromatic nitrogens is 1. The summed E-state index contributed by atoms with van der Waals surface area (Å²) in [5.41, 5.74) is -0.251. The Kier molecular flexibility index (Phi) is 3.19. The maximum absolute atomic E-state index is 12.1. The first-order valence-electron chi connectivity index (χ1n) is 3.13. The van der Waals surface area contributed by atoms with Crippen molar-refractivity contribution in [3.63, 3.8) is 0 Å². The highest BCUT2D eigenvalue weighted by Gasteiger charge is 2.10.